The summed E-state index contributed by atoms with van der Waals surface area (Å²) in [7, 11) is 2.95. The Kier molecular flexibility index (Phi) is 4.55. The van der Waals surface area contributed by atoms with Crippen molar-refractivity contribution in [1.82, 2.24) is 4.98 Å². The Hall–Kier alpha value is -1.29. The molecule has 0 atom stereocenters. The van der Waals surface area contributed by atoms with E-state index in [0.29, 0.717) is 10.6 Å². The standard InChI is InChI=1S/C10H12N2O3S/c1-14-10(15-2)7-4-8(16-3)6(5-11)9(13)12-7/h4,10H,1-3H3,(H,12,13). The summed E-state index contributed by atoms with van der Waals surface area (Å²) in [5.41, 5.74) is 0.184. The van der Waals surface area contributed by atoms with E-state index in [1.54, 1.807) is 12.3 Å². The zero-order chi connectivity index (χ0) is 12.1. The molecule has 0 aliphatic carbocycles. The van der Waals surface area contributed by atoms with Gasteiger partial charge in [-0.25, -0.2) is 0 Å². The molecule has 0 amide bonds. The number of pyridine rings is 1. The van der Waals surface area contributed by atoms with Gasteiger partial charge in [-0.15, -0.1) is 11.8 Å². The number of rotatable bonds is 4. The normalized spacial score (nSPS) is 10.4. The monoisotopic (exact) mass is 240 g/mol. The number of nitriles is 1. The Labute approximate surface area is 97.4 Å². The Morgan fingerprint density at radius 3 is 2.56 bits per heavy atom. The molecular weight excluding hydrogens is 228 g/mol. The molecule has 1 heterocycles. The number of ether oxygens (including phenoxy) is 2. The second kappa shape index (κ2) is 5.70. The molecule has 0 radical (unpaired) electrons. The van der Waals surface area contributed by atoms with Crippen molar-refractivity contribution in [1.29, 1.82) is 5.26 Å². The average molecular weight is 240 g/mol. The molecule has 0 aliphatic rings. The highest BCUT2D eigenvalue weighted by Crippen LogP contribution is 2.22. The lowest BCUT2D eigenvalue weighted by Gasteiger charge is -2.14. The van der Waals surface area contributed by atoms with Gasteiger partial charge in [-0.2, -0.15) is 5.26 Å². The number of aromatic nitrogens is 1. The van der Waals surface area contributed by atoms with E-state index < -0.39 is 11.8 Å². The third-order valence-electron chi connectivity index (χ3n) is 2.03. The quantitative estimate of drug-likeness (QED) is 0.633. The van der Waals surface area contributed by atoms with Crippen molar-refractivity contribution in [3.63, 3.8) is 0 Å². The Bertz CT molecular complexity index is 460. The number of H-pyrrole nitrogens is 1. The Morgan fingerprint density at radius 2 is 2.12 bits per heavy atom. The summed E-state index contributed by atoms with van der Waals surface area (Å²) in [5, 5.41) is 8.83. The molecule has 0 spiro atoms. The fraction of sp³-hybridized carbons (Fsp3) is 0.400. The molecule has 86 valence electrons. The summed E-state index contributed by atoms with van der Waals surface area (Å²) < 4.78 is 10.1. The van der Waals surface area contributed by atoms with Gasteiger partial charge in [0.25, 0.3) is 5.56 Å². The second-order valence-electron chi connectivity index (χ2n) is 2.91. The van der Waals surface area contributed by atoms with E-state index in [4.69, 9.17) is 14.7 Å². The zero-order valence-electron chi connectivity index (χ0n) is 9.23. The minimum absolute atomic E-state index is 0.113. The van der Waals surface area contributed by atoms with Crippen LogP contribution in [0, 0.1) is 11.3 Å². The van der Waals surface area contributed by atoms with Crippen LogP contribution in [0.15, 0.2) is 15.8 Å². The van der Waals surface area contributed by atoms with Crippen LogP contribution in [-0.2, 0) is 9.47 Å². The third-order valence-corrected chi connectivity index (χ3v) is 2.79. The fourth-order valence-electron chi connectivity index (χ4n) is 1.30. The highest BCUT2D eigenvalue weighted by molar-refractivity contribution is 7.98. The van der Waals surface area contributed by atoms with E-state index in [1.165, 1.54) is 26.0 Å². The zero-order valence-corrected chi connectivity index (χ0v) is 10.1. The molecule has 0 bridgehead atoms. The van der Waals surface area contributed by atoms with E-state index in [2.05, 4.69) is 4.98 Å². The lowest BCUT2D eigenvalue weighted by molar-refractivity contribution is -0.108. The number of aromatic amines is 1. The first-order chi connectivity index (χ1) is 7.67. The fourth-order valence-corrected chi connectivity index (χ4v) is 1.89. The first-order valence-corrected chi connectivity index (χ1v) is 5.67. The molecule has 1 aromatic rings. The number of hydrogen-bond acceptors (Lipinski definition) is 5. The second-order valence-corrected chi connectivity index (χ2v) is 3.76. The number of hydrogen-bond donors (Lipinski definition) is 1. The highest BCUT2D eigenvalue weighted by Gasteiger charge is 2.14. The van der Waals surface area contributed by atoms with Crippen molar-refractivity contribution in [2.24, 2.45) is 0 Å². The Morgan fingerprint density at radius 1 is 1.50 bits per heavy atom. The predicted molar refractivity (Wildman–Crippen MR) is 60.3 cm³/mol. The first kappa shape index (κ1) is 12.8. The van der Waals surface area contributed by atoms with Crippen molar-refractivity contribution in [3.8, 4) is 6.07 Å². The topological polar surface area (TPSA) is 75.1 Å². The lowest BCUT2D eigenvalue weighted by atomic mass is 10.2. The number of nitrogens with zero attached hydrogens (tertiary/aromatic N) is 1. The van der Waals surface area contributed by atoms with Crippen LogP contribution in [0.4, 0.5) is 0 Å². The molecule has 0 saturated heterocycles. The molecule has 0 saturated carbocycles. The van der Waals surface area contributed by atoms with E-state index >= 15 is 0 Å². The largest absolute Gasteiger partial charge is 0.350 e. The maximum absolute atomic E-state index is 11.6. The van der Waals surface area contributed by atoms with Crippen LogP contribution in [0.3, 0.4) is 0 Å². The minimum atomic E-state index is -0.633. The maximum atomic E-state index is 11.6. The van der Waals surface area contributed by atoms with Gasteiger partial charge in [0.05, 0.1) is 5.69 Å². The molecular formula is C10H12N2O3S. The summed E-state index contributed by atoms with van der Waals surface area (Å²) in [6.45, 7) is 0. The molecule has 0 unspecified atom stereocenters. The van der Waals surface area contributed by atoms with Gasteiger partial charge in [0, 0.05) is 19.1 Å². The van der Waals surface area contributed by atoms with Crippen molar-refractivity contribution in [3.05, 3.63) is 27.7 Å². The summed E-state index contributed by atoms with van der Waals surface area (Å²) >= 11 is 1.33. The van der Waals surface area contributed by atoms with Crippen LogP contribution in [-0.4, -0.2) is 25.5 Å². The highest BCUT2D eigenvalue weighted by atomic mass is 32.2. The predicted octanol–water partition coefficient (Wildman–Crippen LogP) is 1.26. The lowest BCUT2D eigenvalue weighted by Crippen LogP contribution is -2.17. The molecule has 5 nitrogen and oxygen atoms in total. The van der Waals surface area contributed by atoms with Gasteiger partial charge in [-0.05, 0) is 12.3 Å². The molecule has 0 fully saturated rings. The third kappa shape index (κ3) is 2.44. The SMILES string of the molecule is COC(OC)c1cc(SC)c(C#N)c(=O)[nH]1. The van der Waals surface area contributed by atoms with E-state index in [0.717, 1.165) is 0 Å². The van der Waals surface area contributed by atoms with E-state index in [-0.39, 0.29) is 5.56 Å². The van der Waals surface area contributed by atoms with Gasteiger partial charge in [-0.1, -0.05) is 0 Å². The summed E-state index contributed by atoms with van der Waals surface area (Å²) in [4.78, 5) is 14.8. The van der Waals surface area contributed by atoms with Crippen molar-refractivity contribution < 1.29 is 9.47 Å². The maximum Gasteiger partial charge on any atom is 0.267 e. The van der Waals surface area contributed by atoms with Crippen molar-refractivity contribution in [2.45, 2.75) is 11.2 Å². The Balaban J connectivity index is 3.32. The minimum Gasteiger partial charge on any atom is -0.350 e. The van der Waals surface area contributed by atoms with Gasteiger partial charge in [0.1, 0.15) is 11.6 Å². The van der Waals surface area contributed by atoms with Crippen LogP contribution in [0.25, 0.3) is 0 Å². The van der Waals surface area contributed by atoms with Gasteiger partial charge in [0.2, 0.25) is 0 Å². The van der Waals surface area contributed by atoms with Gasteiger partial charge < -0.3 is 14.5 Å². The van der Waals surface area contributed by atoms with E-state index in [1.807, 2.05) is 6.07 Å². The molecule has 1 rings (SSSR count). The van der Waals surface area contributed by atoms with Crippen LogP contribution in [0.2, 0.25) is 0 Å². The summed E-state index contributed by atoms with van der Waals surface area (Å²) in [5.74, 6) is 0. The number of thioether (sulfide) groups is 1. The van der Waals surface area contributed by atoms with Crippen molar-refractivity contribution in [2.75, 3.05) is 20.5 Å². The van der Waals surface area contributed by atoms with Crippen LogP contribution in [0.1, 0.15) is 17.5 Å². The van der Waals surface area contributed by atoms with E-state index in [9.17, 15) is 4.79 Å². The number of methoxy groups -OCH3 is 2. The summed E-state index contributed by atoms with van der Waals surface area (Å²) in [6.07, 6.45) is 1.17. The van der Waals surface area contributed by atoms with Crippen LogP contribution < -0.4 is 5.56 Å². The van der Waals surface area contributed by atoms with Gasteiger partial charge in [0.15, 0.2) is 6.29 Å². The number of nitrogens with one attached hydrogen (secondary N) is 1. The molecule has 0 aliphatic heterocycles. The van der Waals surface area contributed by atoms with Crippen LogP contribution in [0.5, 0.6) is 0 Å². The molecule has 6 heteroatoms. The van der Waals surface area contributed by atoms with Crippen LogP contribution >= 0.6 is 11.8 Å². The first-order valence-electron chi connectivity index (χ1n) is 4.44. The molecule has 1 aromatic heterocycles. The smallest absolute Gasteiger partial charge is 0.267 e. The average Bonchev–Trinajstić information content (AvgIpc) is 2.29. The van der Waals surface area contributed by atoms with Gasteiger partial charge >= 0.3 is 0 Å². The summed E-state index contributed by atoms with van der Waals surface area (Å²) in [6, 6.07) is 3.55. The molecule has 16 heavy (non-hydrogen) atoms. The molecule has 0 aromatic carbocycles. The van der Waals surface area contributed by atoms with Crippen molar-refractivity contribution >= 4 is 11.8 Å². The van der Waals surface area contributed by atoms with Gasteiger partial charge in [-0.3, -0.25) is 4.79 Å². The molecule has 1 N–H and O–H groups in total.